The first-order chi connectivity index (χ1) is 14.3. The van der Waals surface area contributed by atoms with Gasteiger partial charge in [-0.1, -0.05) is 24.0 Å². The molecule has 1 N–H and O–H groups in total. The Labute approximate surface area is 177 Å². The Morgan fingerprint density at radius 1 is 1.17 bits per heavy atom. The van der Waals surface area contributed by atoms with Crippen LogP contribution in [0.1, 0.15) is 31.2 Å². The van der Waals surface area contributed by atoms with Crippen LogP contribution in [-0.4, -0.2) is 24.8 Å². The summed E-state index contributed by atoms with van der Waals surface area (Å²) >= 11 is 1.50. The molecule has 7 nitrogen and oxygen atoms in total. The average Bonchev–Trinajstić information content (AvgIpc) is 3.30. The lowest BCUT2D eigenvalue weighted by atomic mass is 10.1. The maximum Gasteiger partial charge on any atom is 0.284 e. The second-order valence-corrected chi connectivity index (χ2v) is 8.76. The van der Waals surface area contributed by atoms with Crippen LogP contribution in [0.4, 0.5) is 11.5 Å². The molecular formula is C22H19N5O2S. The predicted molar refractivity (Wildman–Crippen MR) is 119 cm³/mol. The van der Waals surface area contributed by atoms with Crippen LogP contribution in [-0.2, 0) is 0 Å². The molecule has 0 atom stereocenters. The number of aromatic nitrogens is 3. The van der Waals surface area contributed by atoms with Gasteiger partial charge in [0.1, 0.15) is 17.1 Å². The van der Waals surface area contributed by atoms with Gasteiger partial charge in [0.2, 0.25) is 0 Å². The van der Waals surface area contributed by atoms with E-state index in [-0.39, 0.29) is 11.2 Å². The van der Waals surface area contributed by atoms with Crippen molar-refractivity contribution in [2.24, 2.45) is 0 Å². The number of benzene rings is 1. The summed E-state index contributed by atoms with van der Waals surface area (Å²) in [5, 5.41) is 14.7. The number of nitro groups is 1. The second kappa shape index (κ2) is 7.61. The summed E-state index contributed by atoms with van der Waals surface area (Å²) in [6.45, 7) is 6.28. The Balaban J connectivity index is 1.73. The number of fused-ring (bicyclic) bond motifs is 1. The topological polar surface area (TPSA) is 85.4 Å². The molecule has 0 spiro atoms. The molecule has 0 aliphatic carbocycles. The van der Waals surface area contributed by atoms with Gasteiger partial charge in [-0.2, -0.15) is 0 Å². The van der Waals surface area contributed by atoms with Crippen molar-refractivity contribution in [3.8, 4) is 22.4 Å². The average molecular weight is 417 g/mol. The van der Waals surface area contributed by atoms with E-state index in [0.29, 0.717) is 5.56 Å². The number of nitro benzene ring substituents is 1. The van der Waals surface area contributed by atoms with Crippen LogP contribution in [0.5, 0.6) is 0 Å². The normalized spacial score (nSPS) is 11.2. The molecule has 0 aliphatic heterocycles. The fourth-order valence-electron chi connectivity index (χ4n) is 2.95. The van der Waals surface area contributed by atoms with Crippen LogP contribution in [0.2, 0.25) is 0 Å². The molecule has 3 aromatic heterocycles. The van der Waals surface area contributed by atoms with Gasteiger partial charge >= 0.3 is 0 Å². The summed E-state index contributed by atoms with van der Waals surface area (Å²) < 4.78 is 1.98. The highest BCUT2D eigenvalue weighted by atomic mass is 32.1. The number of nitrogens with zero attached hydrogens (tertiary/aromatic N) is 4. The van der Waals surface area contributed by atoms with Gasteiger partial charge in [-0.25, -0.2) is 4.98 Å². The highest BCUT2D eigenvalue weighted by Gasteiger charge is 2.20. The molecule has 0 saturated carbocycles. The number of hydrogen-bond acceptors (Lipinski definition) is 6. The first kappa shape index (κ1) is 19.6. The number of hydrogen-bond donors (Lipinski definition) is 1. The van der Waals surface area contributed by atoms with Gasteiger partial charge in [0, 0.05) is 24.0 Å². The lowest BCUT2D eigenvalue weighted by Crippen LogP contribution is -2.27. The Hall–Kier alpha value is -3.70. The lowest BCUT2D eigenvalue weighted by Gasteiger charge is -2.22. The minimum Gasteiger partial charge on any atom is -0.365 e. The fourth-order valence-corrected chi connectivity index (χ4v) is 3.80. The van der Waals surface area contributed by atoms with Crippen molar-refractivity contribution in [2.45, 2.75) is 26.3 Å². The molecule has 0 radical (unpaired) electrons. The summed E-state index contributed by atoms with van der Waals surface area (Å²) in [6, 6.07) is 10.4. The summed E-state index contributed by atoms with van der Waals surface area (Å²) in [7, 11) is 0. The number of rotatable bonds is 3. The quantitative estimate of drug-likeness (QED) is 0.289. The number of thiophene rings is 1. The first-order valence-electron chi connectivity index (χ1n) is 9.28. The third-order valence-electron chi connectivity index (χ3n) is 4.18. The molecule has 0 fully saturated rings. The van der Waals surface area contributed by atoms with Crippen molar-refractivity contribution in [1.82, 2.24) is 14.4 Å². The molecule has 4 aromatic rings. The highest BCUT2D eigenvalue weighted by molar-refractivity contribution is 7.16. The van der Waals surface area contributed by atoms with E-state index in [0.717, 1.165) is 26.9 Å². The number of para-hydroxylation sites is 1. The Bertz CT molecular complexity index is 1300. The Kier molecular flexibility index (Phi) is 4.98. The Morgan fingerprint density at radius 3 is 2.73 bits per heavy atom. The van der Waals surface area contributed by atoms with Crippen LogP contribution >= 0.6 is 11.3 Å². The summed E-state index contributed by atoms with van der Waals surface area (Å²) in [4.78, 5) is 21.4. The van der Waals surface area contributed by atoms with Crippen molar-refractivity contribution in [3.63, 3.8) is 0 Å². The third kappa shape index (κ3) is 4.02. The van der Waals surface area contributed by atoms with Crippen molar-refractivity contribution < 1.29 is 4.92 Å². The van der Waals surface area contributed by atoms with Crippen molar-refractivity contribution in [1.29, 1.82) is 0 Å². The third-order valence-corrected chi connectivity index (χ3v) is 5.19. The van der Waals surface area contributed by atoms with E-state index in [1.807, 2.05) is 22.7 Å². The summed E-state index contributed by atoms with van der Waals surface area (Å²) in [5.74, 6) is 6.86. The molecule has 150 valence electrons. The van der Waals surface area contributed by atoms with Crippen molar-refractivity contribution in [3.05, 3.63) is 75.5 Å². The maximum absolute atomic E-state index is 11.2. The van der Waals surface area contributed by atoms with Gasteiger partial charge in [-0.15, -0.1) is 11.3 Å². The lowest BCUT2D eigenvalue weighted by molar-refractivity contribution is -0.385. The highest BCUT2D eigenvalue weighted by Crippen LogP contribution is 2.34. The van der Waals surface area contributed by atoms with Crippen LogP contribution in [0.25, 0.3) is 16.2 Å². The first-order valence-corrected chi connectivity index (χ1v) is 10.1. The van der Waals surface area contributed by atoms with Crippen molar-refractivity contribution in [2.75, 3.05) is 5.32 Å². The summed E-state index contributed by atoms with van der Waals surface area (Å²) in [5.41, 5.74) is 1.82. The van der Waals surface area contributed by atoms with Crippen LogP contribution in [0, 0.1) is 22.0 Å². The smallest absolute Gasteiger partial charge is 0.284 e. The zero-order chi connectivity index (χ0) is 21.3. The second-order valence-electron chi connectivity index (χ2n) is 7.68. The largest absolute Gasteiger partial charge is 0.365 e. The molecule has 0 saturated heterocycles. The fraction of sp³-hybridized carbons (Fsp3) is 0.182. The van der Waals surface area contributed by atoms with E-state index in [2.05, 4.69) is 42.9 Å². The Morgan fingerprint density at radius 2 is 1.97 bits per heavy atom. The van der Waals surface area contributed by atoms with Gasteiger partial charge in [0.15, 0.2) is 5.65 Å². The van der Waals surface area contributed by atoms with E-state index >= 15 is 0 Å². The minimum atomic E-state index is -0.418. The number of nitrogens with one attached hydrogen (secondary N) is 1. The minimum absolute atomic E-state index is 0.00583. The molecule has 0 amide bonds. The maximum atomic E-state index is 11.2. The van der Waals surface area contributed by atoms with Gasteiger partial charge in [-0.3, -0.25) is 19.5 Å². The SMILES string of the molecule is CC(C)(C)Nc1c(-c2ccc(C#Cc3ccccc3[N+](=O)[O-])s2)nc2cnccn12. The van der Waals surface area contributed by atoms with Gasteiger partial charge < -0.3 is 5.32 Å². The molecule has 30 heavy (non-hydrogen) atoms. The molecule has 4 rings (SSSR count). The molecule has 0 unspecified atom stereocenters. The van der Waals surface area contributed by atoms with Crippen LogP contribution < -0.4 is 5.32 Å². The van der Waals surface area contributed by atoms with E-state index in [4.69, 9.17) is 4.98 Å². The van der Waals surface area contributed by atoms with E-state index in [9.17, 15) is 10.1 Å². The summed E-state index contributed by atoms with van der Waals surface area (Å²) in [6.07, 6.45) is 5.33. The van der Waals surface area contributed by atoms with Gasteiger partial charge in [0.05, 0.1) is 20.9 Å². The van der Waals surface area contributed by atoms with Crippen molar-refractivity contribution >= 4 is 28.5 Å². The van der Waals surface area contributed by atoms with Crippen LogP contribution in [0.3, 0.4) is 0 Å². The predicted octanol–water partition coefficient (Wildman–Crippen LogP) is 4.98. The molecule has 3 heterocycles. The number of imidazole rings is 1. The molecule has 8 heteroatoms. The molecule has 0 aliphatic rings. The van der Waals surface area contributed by atoms with E-state index < -0.39 is 4.92 Å². The zero-order valence-electron chi connectivity index (χ0n) is 16.7. The zero-order valence-corrected chi connectivity index (χ0v) is 17.5. The molecule has 1 aromatic carbocycles. The molecular weight excluding hydrogens is 398 g/mol. The number of anilines is 1. The van der Waals surface area contributed by atoms with E-state index in [1.54, 1.807) is 30.6 Å². The van der Waals surface area contributed by atoms with Gasteiger partial charge in [0.25, 0.3) is 5.69 Å². The standard InChI is InChI=1S/C22H19N5O2S/c1-22(2,3)25-21-20(24-19-14-23-12-13-26(19)21)18-11-10-16(30-18)9-8-15-6-4-5-7-17(15)27(28)29/h4-7,10-14,25H,1-3H3. The monoisotopic (exact) mass is 417 g/mol. The molecule has 0 bridgehead atoms. The van der Waals surface area contributed by atoms with Gasteiger partial charge in [-0.05, 0) is 39.0 Å². The van der Waals surface area contributed by atoms with Crippen LogP contribution in [0.15, 0.2) is 55.0 Å². The van der Waals surface area contributed by atoms with E-state index in [1.165, 1.54) is 17.4 Å².